The normalized spacial score (nSPS) is 10.5. The van der Waals surface area contributed by atoms with Crippen LogP contribution in [0.4, 0.5) is 0 Å². The van der Waals surface area contributed by atoms with E-state index in [1.807, 2.05) is 11.8 Å². The molecule has 0 heterocycles. The van der Waals surface area contributed by atoms with Gasteiger partial charge in [-0.05, 0) is 12.0 Å². The molecule has 0 radical (unpaired) electrons. The number of thioether (sulfide) groups is 1. The molecule has 0 spiro atoms. The van der Waals surface area contributed by atoms with E-state index in [0.29, 0.717) is 0 Å². The zero-order chi connectivity index (χ0) is 10.8. The van der Waals surface area contributed by atoms with Gasteiger partial charge in [-0.2, -0.15) is 11.8 Å². The van der Waals surface area contributed by atoms with Crippen molar-refractivity contribution >= 4 is 11.8 Å². The summed E-state index contributed by atoms with van der Waals surface area (Å²) in [7, 11) is 0. The van der Waals surface area contributed by atoms with Crippen LogP contribution in [-0.2, 0) is 10.5 Å². The minimum absolute atomic E-state index is 0.886. The first-order valence-electron chi connectivity index (χ1n) is 5.63. The molecule has 1 aromatic carbocycles. The Balaban J connectivity index is 1.93. The number of hydrogen-bond donors (Lipinski definition) is 0. The van der Waals surface area contributed by atoms with Crippen LogP contribution in [-0.4, -0.2) is 19.0 Å². The van der Waals surface area contributed by atoms with Gasteiger partial charge in [0.05, 0.1) is 6.61 Å². The van der Waals surface area contributed by atoms with Gasteiger partial charge in [-0.3, -0.25) is 0 Å². The summed E-state index contributed by atoms with van der Waals surface area (Å²) in [5, 5.41) is 0. The zero-order valence-electron chi connectivity index (χ0n) is 9.45. The summed E-state index contributed by atoms with van der Waals surface area (Å²) in [6, 6.07) is 10.6. The molecule has 0 saturated carbocycles. The molecule has 0 saturated heterocycles. The largest absolute Gasteiger partial charge is 0.381 e. The Labute approximate surface area is 97.2 Å². The van der Waals surface area contributed by atoms with Gasteiger partial charge in [0.1, 0.15) is 0 Å². The molecule has 0 aliphatic heterocycles. The average molecular weight is 224 g/mol. The number of hydrogen-bond acceptors (Lipinski definition) is 2. The molecule has 15 heavy (non-hydrogen) atoms. The molecule has 0 aromatic heterocycles. The Bertz CT molecular complexity index is 236. The lowest BCUT2D eigenvalue weighted by Crippen LogP contribution is -1.99. The van der Waals surface area contributed by atoms with E-state index in [1.54, 1.807) is 0 Å². The van der Waals surface area contributed by atoms with E-state index in [4.69, 9.17) is 4.74 Å². The fourth-order valence-corrected chi connectivity index (χ4v) is 2.04. The molecule has 84 valence electrons. The fourth-order valence-electron chi connectivity index (χ4n) is 1.23. The van der Waals surface area contributed by atoms with Gasteiger partial charge in [0.25, 0.3) is 0 Å². The summed E-state index contributed by atoms with van der Waals surface area (Å²) < 4.78 is 5.49. The molecule has 2 heteroatoms. The molecule has 0 bridgehead atoms. The highest BCUT2D eigenvalue weighted by Gasteiger charge is 1.92. The summed E-state index contributed by atoms with van der Waals surface area (Å²) in [4.78, 5) is 0. The van der Waals surface area contributed by atoms with E-state index < -0.39 is 0 Å². The van der Waals surface area contributed by atoms with Gasteiger partial charge in [-0.25, -0.2) is 0 Å². The van der Waals surface area contributed by atoms with E-state index in [1.165, 1.54) is 18.4 Å². The zero-order valence-corrected chi connectivity index (χ0v) is 10.3. The molecule has 1 nitrogen and oxygen atoms in total. The maximum Gasteiger partial charge on any atom is 0.0556 e. The third kappa shape index (κ3) is 6.58. The minimum atomic E-state index is 0.886. The minimum Gasteiger partial charge on any atom is -0.381 e. The lowest BCUT2D eigenvalue weighted by molar-refractivity contribution is 0.147. The molecule has 0 N–H and O–H groups in total. The summed E-state index contributed by atoms with van der Waals surface area (Å²) in [5.41, 5.74) is 1.40. The van der Waals surface area contributed by atoms with Crippen molar-refractivity contribution in [2.75, 3.05) is 19.0 Å². The van der Waals surface area contributed by atoms with Gasteiger partial charge in [0.2, 0.25) is 0 Å². The molecule has 0 atom stereocenters. The standard InChI is InChI=1S/C13H20OS/c1-2-3-9-14-10-11-15-12-13-7-5-4-6-8-13/h4-8H,2-3,9-12H2,1H3. The first-order valence-corrected chi connectivity index (χ1v) is 6.78. The molecular formula is C13H20OS. The van der Waals surface area contributed by atoms with Crippen molar-refractivity contribution in [2.45, 2.75) is 25.5 Å². The van der Waals surface area contributed by atoms with Gasteiger partial charge in [-0.15, -0.1) is 0 Å². The molecule has 0 aliphatic rings. The van der Waals surface area contributed by atoms with Crippen molar-refractivity contribution in [3.63, 3.8) is 0 Å². The van der Waals surface area contributed by atoms with Crippen LogP contribution in [0.2, 0.25) is 0 Å². The summed E-state index contributed by atoms with van der Waals surface area (Å²) in [5.74, 6) is 2.19. The lowest BCUT2D eigenvalue weighted by Gasteiger charge is -2.03. The second-order valence-electron chi connectivity index (χ2n) is 3.50. The Morgan fingerprint density at radius 2 is 1.93 bits per heavy atom. The van der Waals surface area contributed by atoms with E-state index in [9.17, 15) is 0 Å². The van der Waals surface area contributed by atoms with E-state index >= 15 is 0 Å². The van der Waals surface area contributed by atoms with Crippen LogP contribution in [0.15, 0.2) is 30.3 Å². The molecule has 0 fully saturated rings. The maximum absolute atomic E-state index is 5.49. The highest BCUT2D eigenvalue weighted by molar-refractivity contribution is 7.98. The molecular weight excluding hydrogens is 204 g/mol. The van der Waals surface area contributed by atoms with Crippen molar-refractivity contribution in [3.05, 3.63) is 35.9 Å². The number of unbranched alkanes of at least 4 members (excludes halogenated alkanes) is 1. The van der Waals surface area contributed by atoms with Crippen molar-refractivity contribution in [2.24, 2.45) is 0 Å². The van der Waals surface area contributed by atoms with Gasteiger partial charge >= 0.3 is 0 Å². The van der Waals surface area contributed by atoms with Crippen LogP contribution in [0.3, 0.4) is 0 Å². The first kappa shape index (κ1) is 12.6. The van der Waals surface area contributed by atoms with Gasteiger partial charge < -0.3 is 4.74 Å². The number of rotatable bonds is 8. The Morgan fingerprint density at radius 3 is 2.67 bits per heavy atom. The highest BCUT2D eigenvalue weighted by Crippen LogP contribution is 2.11. The molecule has 0 unspecified atom stereocenters. The summed E-state index contributed by atoms with van der Waals surface area (Å²) >= 11 is 1.94. The second kappa shape index (κ2) is 8.81. The Hall–Kier alpha value is -0.470. The van der Waals surface area contributed by atoms with Crippen LogP contribution in [0.25, 0.3) is 0 Å². The topological polar surface area (TPSA) is 9.23 Å². The number of benzene rings is 1. The van der Waals surface area contributed by atoms with Crippen LogP contribution in [0.1, 0.15) is 25.3 Å². The number of ether oxygens (including phenoxy) is 1. The predicted octanol–water partition coefficient (Wildman–Crippen LogP) is 3.74. The van der Waals surface area contributed by atoms with Crippen LogP contribution >= 0.6 is 11.8 Å². The average Bonchev–Trinajstić information content (AvgIpc) is 2.29. The predicted molar refractivity (Wildman–Crippen MR) is 68.3 cm³/mol. The van der Waals surface area contributed by atoms with Gasteiger partial charge in [-0.1, -0.05) is 43.7 Å². The summed E-state index contributed by atoms with van der Waals surface area (Å²) in [6.45, 7) is 3.99. The van der Waals surface area contributed by atoms with Crippen LogP contribution in [0.5, 0.6) is 0 Å². The Morgan fingerprint density at radius 1 is 1.13 bits per heavy atom. The summed E-state index contributed by atoms with van der Waals surface area (Å²) in [6.07, 6.45) is 2.40. The maximum atomic E-state index is 5.49. The smallest absolute Gasteiger partial charge is 0.0556 e. The van der Waals surface area contributed by atoms with Gasteiger partial charge in [0, 0.05) is 18.1 Å². The van der Waals surface area contributed by atoms with Crippen molar-refractivity contribution < 1.29 is 4.74 Å². The lowest BCUT2D eigenvalue weighted by atomic mass is 10.2. The highest BCUT2D eigenvalue weighted by atomic mass is 32.2. The van der Waals surface area contributed by atoms with E-state index in [-0.39, 0.29) is 0 Å². The first-order chi connectivity index (χ1) is 7.43. The monoisotopic (exact) mass is 224 g/mol. The molecule has 1 rings (SSSR count). The van der Waals surface area contributed by atoms with Crippen molar-refractivity contribution in [1.82, 2.24) is 0 Å². The van der Waals surface area contributed by atoms with E-state index in [0.717, 1.165) is 24.7 Å². The third-order valence-electron chi connectivity index (χ3n) is 2.13. The molecule has 0 aliphatic carbocycles. The fraction of sp³-hybridized carbons (Fsp3) is 0.538. The van der Waals surface area contributed by atoms with Crippen LogP contribution < -0.4 is 0 Å². The quantitative estimate of drug-likeness (QED) is 0.622. The molecule has 1 aromatic rings. The van der Waals surface area contributed by atoms with Crippen molar-refractivity contribution in [3.8, 4) is 0 Å². The van der Waals surface area contributed by atoms with Crippen LogP contribution in [0, 0.1) is 0 Å². The third-order valence-corrected chi connectivity index (χ3v) is 3.12. The van der Waals surface area contributed by atoms with Gasteiger partial charge in [0.15, 0.2) is 0 Å². The second-order valence-corrected chi connectivity index (χ2v) is 4.61. The Kier molecular flexibility index (Phi) is 7.40. The van der Waals surface area contributed by atoms with E-state index in [2.05, 4.69) is 37.3 Å². The molecule has 0 amide bonds. The van der Waals surface area contributed by atoms with Crippen molar-refractivity contribution in [1.29, 1.82) is 0 Å². The SMILES string of the molecule is CCCCOCCSCc1ccccc1.